The summed E-state index contributed by atoms with van der Waals surface area (Å²) in [6.07, 6.45) is 0.280. The Balaban J connectivity index is 5.19. The molecule has 0 aliphatic rings. The van der Waals surface area contributed by atoms with Crippen LogP contribution in [0.1, 0.15) is 26.7 Å². The summed E-state index contributed by atoms with van der Waals surface area (Å²) in [4.78, 5) is 45.5. The van der Waals surface area contributed by atoms with E-state index in [0.29, 0.717) is 6.42 Å². The normalized spacial score (nSPS) is 13.2. The molecular weight excluding hydrogens is 308 g/mol. The van der Waals surface area contributed by atoms with Crippen LogP contribution >= 0.6 is 0 Å². The molecule has 0 aliphatic heterocycles. The number of carboxylic acids is 3. The van der Waals surface area contributed by atoms with Crippen LogP contribution in [0.25, 0.3) is 0 Å². The molecule has 0 radical (unpaired) electrons. The molecule has 130 valence electrons. The van der Waals surface area contributed by atoms with E-state index in [1.54, 1.807) is 6.92 Å². The fourth-order valence-electron chi connectivity index (χ4n) is 1.94. The molecule has 0 saturated carbocycles. The highest BCUT2D eigenvalue weighted by Gasteiger charge is 2.31. The first kappa shape index (κ1) is 20.6. The molecule has 23 heavy (non-hydrogen) atoms. The third kappa shape index (κ3) is 7.96. The van der Waals surface area contributed by atoms with Crippen LogP contribution in [-0.2, 0) is 19.2 Å². The number of carboxylic acid groups (broad SMARTS) is 3. The van der Waals surface area contributed by atoms with Crippen LogP contribution in [0.4, 0.5) is 0 Å². The van der Waals surface area contributed by atoms with Crippen molar-refractivity contribution in [1.29, 1.82) is 0 Å². The molecule has 9 heteroatoms. The van der Waals surface area contributed by atoms with Gasteiger partial charge in [0.25, 0.3) is 0 Å². The van der Waals surface area contributed by atoms with E-state index in [2.05, 4.69) is 11.9 Å². The second-order valence-corrected chi connectivity index (χ2v) is 5.14. The molecule has 0 saturated heterocycles. The van der Waals surface area contributed by atoms with Crippen molar-refractivity contribution in [3.8, 4) is 0 Å². The van der Waals surface area contributed by atoms with Gasteiger partial charge in [-0.2, -0.15) is 0 Å². The fourth-order valence-corrected chi connectivity index (χ4v) is 1.94. The van der Waals surface area contributed by atoms with Gasteiger partial charge < -0.3 is 20.6 Å². The predicted octanol–water partition coefficient (Wildman–Crippen LogP) is -0.228. The number of nitrogens with zero attached hydrogens (tertiary/aromatic N) is 1. The van der Waals surface area contributed by atoms with Crippen molar-refractivity contribution in [2.75, 3.05) is 13.1 Å². The Morgan fingerprint density at radius 3 is 1.87 bits per heavy atom. The Morgan fingerprint density at radius 2 is 1.57 bits per heavy atom. The van der Waals surface area contributed by atoms with E-state index < -0.39 is 49.0 Å². The van der Waals surface area contributed by atoms with Gasteiger partial charge in [0.15, 0.2) is 0 Å². The van der Waals surface area contributed by atoms with Gasteiger partial charge in [0.05, 0.1) is 13.1 Å². The first-order valence-corrected chi connectivity index (χ1v) is 6.95. The minimum atomic E-state index is -1.35. The van der Waals surface area contributed by atoms with Crippen molar-refractivity contribution in [3.63, 3.8) is 0 Å². The number of hydrogen-bond acceptors (Lipinski definition) is 5. The van der Waals surface area contributed by atoms with Crippen molar-refractivity contribution in [3.05, 3.63) is 12.2 Å². The van der Waals surface area contributed by atoms with Gasteiger partial charge in [-0.1, -0.05) is 13.5 Å². The van der Waals surface area contributed by atoms with Gasteiger partial charge in [0.1, 0.15) is 6.04 Å². The maximum atomic E-state index is 11.6. The molecule has 0 aromatic heterocycles. The Kier molecular flexibility index (Phi) is 8.56. The number of carbonyl (C=O) groups excluding carboxylic acids is 1. The smallest absolute Gasteiger partial charge is 0.321 e. The number of rotatable bonds is 11. The molecule has 0 heterocycles. The summed E-state index contributed by atoms with van der Waals surface area (Å²) in [6, 6.07) is -1.90. The molecule has 0 rings (SSSR count). The van der Waals surface area contributed by atoms with E-state index in [1.807, 2.05) is 0 Å². The summed E-state index contributed by atoms with van der Waals surface area (Å²) in [7, 11) is 0. The van der Waals surface area contributed by atoms with Gasteiger partial charge >= 0.3 is 17.9 Å². The molecule has 0 bridgehead atoms. The number of aliphatic carboxylic acids is 3. The Bertz CT molecular complexity index is 474. The second-order valence-electron chi connectivity index (χ2n) is 5.14. The third-order valence-corrected chi connectivity index (χ3v) is 3.13. The molecule has 0 aliphatic carbocycles. The molecule has 0 aromatic carbocycles. The van der Waals surface area contributed by atoms with Gasteiger partial charge in [-0.25, -0.2) is 0 Å². The van der Waals surface area contributed by atoms with Crippen molar-refractivity contribution in [2.24, 2.45) is 0 Å². The lowest BCUT2D eigenvalue weighted by molar-refractivity contribution is -0.150. The molecular formula is C14H22N2O7. The van der Waals surface area contributed by atoms with E-state index in [1.165, 1.54) is 6.92 Å². The molecule has 4 N–H and O–H groups in total. The van der Waals surface area contributed by atoms with Crippen molar-refractivity contribution in [1.82, 2.24) is 10.2 Å². The van der Waals surface area contributed by atoms with Crippen LogP contribution in [0.5, 0.6) is 0 Å². The second kappa shape index (κ2) is 9.57. The van der Waals surface area contributed by atoms with E-state index in [4.69, 9.17) is 10.2 Å². The maximum absolute atomic E-state index is 11.6. The summed E-state index contributed by atoms with van der Waals surface area (Å²) in [5.41, 5.74) is 0.253. The maximum Gasteiger partial charge on any atom is 0.321 e. The SMILES string of the molecule is C=C(C)C(=O)NC(CC)CC(C(=O)O)N(CC(=O)O)CC(=O)O. The number of amides is 1. The van der Waals surface area contributed by atoms with Gasteiger partial charge in [-0.15, -0.1) is 0 Å². The predicted molar refractivity (Wildman–Crippen MR) is 79.9 cm³/mol. The molecule has 1 amide bonds. The summed E-state index contributed by atoms with van der Waals surface area (Å²) >= 11 is 0. The molecule has 0 spiro atoms. The lowest BCUT2D eigenvalue weighted by Crippen LogP contribution is -2.50. The van der Waals surface area contributed by atoms with Gasteiger partial charge in [-0.3, -0.25) is 24.1 Å². The van der Waals surface area contributed by atoms with Gasteiger partial charge in [0, 0.05) is 11.6 Å². The summed E-state index contributed by atoms with van der Waals surface area (Å²) < 4.78 is 0. The molecule has 2 atom stereocenters. The highest BCUT2D eigenvalue weighted by Crippen LogP contribution is 2.11. The first-order chi connectivity index (χ1) is 10.6. The zero-order chi connectivity index (χ0) is 18.2. The highest BCUT2D eigenvalue weighted by molar-refractivity contribution is 5.92. The zero-order valence-corrected chi connectivity index (χ0v) is 13.1. The average molecular weight is 330 g/mol. The van der Waals surface area contributed by atoms with Crippen LogP contribution in [-0.4, -0.2) is 69.2 Å². The lowest BCUT2D eigenvalue weighted by Gasteiger charge is -2.29. The van der Waals surface area contributed by atoms with Crippen molar-refractivity contribution < 1.29 is 34.5 Å². The number of nitrogens with one attached hydrogen (secondary N) is 1. The molecule has 0 fully saturated rings. The van der Waals surface area contributed by atoms with E-state index in [0.717, 1.165) is 4.90 Å². The number of carbonyl (C=O) groups is 4. The monoisotopic (exact) mass is 330 g/mol. The minimum Gasteiger partial charge on any atom is -0.480 e. The largest absolute Gasteiger partial charge is 0.480 e. The highest BCUT2D eigenvalue weighted by atomic mass is 16.4. The van der Waals surface area contributed by atoms with E-state index in [9.17, 15) is 24.3 Å². The first-order valence-electron chi connectivity index (χ1n) is 6.95. The van der Waals surface area contributed by atoms with Crippen LogP contribution in [0.3, 0.4) is 0 Å². The standard InChI is InChI=1S/C14H22N2O7/c1-4-9(15-13(21)8(2)3)5-10(14(22)23)16(6-11(17)18)7-12(19)20/h9-10H,2,4-7H2,1,3H3,(H,15,21)(H,17,18)(H,19,20)(H,22,23). The van der Waals surface area contributed by atoms with Crippen LogP contribution < -0.4 is 5.32 Å². The summed E-state index contributed by atoms with van der Waals surface area (Å²) in [5, 5.41) is 29.5. The van der Waals surface area contributed by atoms with E-state index in [-0.39, 0.29) is 12.0 Å². The molecule has 0 aromatic rings. The van der Waals surface area contributed by atoms with Crippen LogP contribution in [0.15, 0.2) is 12.2 Å². The van der Waals surface area contributed by atoms with Crippen LogP contribution in [0, 0.1) is 0 Å². The van der Waals surface area contributed by atoms with Crippen molar-refractivity contribution in [2.45, 2.75) is 38.8 Å². The Labute approximate surface area is 133 Å². The molecule has 2 unspecified atom stereocenters. The third-order valence-electron chi connectivity index (χ3n) is 3.13. The van der Waals surface area contributed by atoms with Crippen molar-refractivity contribution >= 4 is 23.8 Å². The Morgan fingerprint density at radius 1 is 1.09 bits per heavy atom. The van der Waals surface area contributed by atoms with Gasteiger partial charge in [-0.05, 0) is 19.8 Å². The summed E-state index contributed by atoms with van der Waals surface area (Å²) in [6.45, 7) is 5.24. The fraction of sp³-hybridized carbons (Fsp3) is 0.571. The van der Waals surface area contributed by atoms with E-state index >= 15 is 0 Å². The topological polar surface area (TPSA) is 144 Å². The molecule has 9 nitrogen and oxygen atoms in total. The summed E-state index contributed by atoms with van der Waals surface area (Å²) in [5.74, 6) is -4.47. The number of hydrogen-bond donors (Lipinski definition) is 4. The zero-order valence-electron chi connectivity index (χ0n) is 13.1. The average Bonchev–Trinajstić information content (AvgIpc) is 2.40. The Hall–Kier alpha value is -2.42. The van der Waals surface area contributed by atoms with Gasteiger partial charge in [0.2, 0.25) is 5.91 Å². The van der Waals surface area contributed by atoms with Crippen LogP contribution in [0.2, 0.25) is 0 Å². The minimum absolute atomic E-state index is 0.120. The lowest BCUT2D eigenvalue weighted by atomic mass is 10.0. The quantitative estimate of drug-likeness (QED) is 0.380.